The van der Waals surface area contributed by atoms with Gasteiger partial charge in [-0.05, 0) is 48.5 Å². The van der Waals surface area contributed by atoms with Crippen LogP contribution in [0.5, 0.6) is 17.2 Å². The van der Waals surface area contributed by atoms with Crippen molar-refractivity contribution in [3.05, 3.63) is 71.7 Å². The number of amides is 1. The van der Waals surface area contributed by atoms with Crippen LogP contribution in [0.25, 0.3) is 16.0 Å². The number of carbonyl (C=O) groups excluding carboxylic acids is 2. The van der Waals surface area contributed by atoms with Gasteiger partial charge in [-0.3, -0.25) is 14.5 Å². The third-order valence-corrected chi connectivity index (χ3v) is 6.88. The van der Waals surface area contributed by atoms with Gasteiger partial charge in [-0.2, -0.15) is 0 Å². The molecule has 2 aliphatic rings. The molecular weight excluding hydrogens is 472 g/mol. The smallest absolute Gasteiger partial charge is 0.302 e. The molecule has 0 saturated carbocycles. The molecule has 1 amide bonds. The summed E-state index contributed by atoms with van der Waals surface area (Å²) in [6.07, 6.45) is 1.45. The highest BCUT2D eigenvalue weighted by Crippen LogP contribution is 2.45. The second kappa shape index (κ2) is 8.17. The van der Waals surface area contributed by atoms with Crippen molar-refractivity contribution in [3.63, 3.8) is 0 Å². The van der Waals surface area contributed by atoms with Crippen molar-refractivity contribution in [2.75, 3.05) is 25.2 Å². The van der Waals surface area contributed by atoms with E-state index < -0.39 is 17.7 Å². The minimum Gasteiger partial charge on any atom is -0.507 e. The fourth-order valence-corrected chi connectivity index (χ4v) is 5.24. The Morgan fingerprint density at radius 2 is 1.94 bits per heavy atom. The number of aromatic nitrogens is 1. The van der Waals surface area contributed by atoms with Crippen molar-refractivity contribution >= 4 is 44.1 Å². The van der Waals surface area contributed by atoms with Gasteiger partial charge in [-0.15, -0.1) is 0 Å². The Morgan fingerprint density at radius 1 is 1.11 bits per heavy atom. The number of methoxy groups -OCH3 is 1. The van der Waals surface area contributed by atoms with Gasteiger partial charge in [-0.25, -0.2) is 4.98 Å². The summed E-state index contributed by atoms with van der Waals surface area (Å²) >= 11 is 1.24. The zero-order valence-electron chi connectivity index (χ0n) is 18.4. The van der Waals surface area contributed by atoms with Crippen molar-refractivity contribution in [2.24, 2.45) is 0 Å². The molecule has 2 aromatic heterocycles. The molecule has 0 aliphatic carbocycles. The number of aliphatic hydroxyl groups is 1. The van der Waals surface area contributed by atoms with Crippen LogP contribution in [-0.4, -0.2) is 42.1 Å². The molecule has 4 aromatic rings. The molecule has 1 saturated heterocycles. The Kier molecular flexibility index (Phi) is 4.96. The van der Waals surface area contributed by atoms with Crippen molar-refractivity contribution < 1.29 is 33.3 Å². The molecule has 35 heavy (non-hydrogen) atoms. The Bertz CT molecular complexity index is 1510. The Hall–Kier alpha value is -4.31. The van der Waals surface area contributed by atoms with Gasteiger partial charge in [-0.1, -0.05) is 11.3 Å². The quantitative estimate of drug-likeness (QED) is 0.256. The predicted octanol–water partition coefficient (Wildman–Crippen LogP) is 4.30. The second-order valence-electron chi connectivity index (χ2n) is 7.87. The molecule has 2 aliphatic heterocycles. The average molecular weight is 490 g/mol. The van der Waals surface area contributed by atoms with E-state index in [0.717, 1.165) is 4.70 Å². The minimum absolute atomic E-state index is 0.0986. The number of benzene rings is 2. The van der Waals surface area contributed by atoms with Gasteiger partial charge in [0.05, 0.1) is 29.2 Å². The molecule has 4 heterocycles. The monoisotopic (exact) mass is 490 g/mol. The molecule has 9 nitrogen and oxygen atoms in total. The highest BCUT2D eigenvalue weighted by Gasteiger charge is 2.49. The van der Waals surface area contributed by atoms with Crippen LogP contribution in [0.4, 0.5) is 5.13 Å². The summed E-state index contributed by atoms with van der Waals surface area (Å²) in [6.45, 7) is 0.798. The number of aliphatic hydroxyl groups excluding tert-OH is 1. The van der Waals surface area contributed by atoms with E-state index in [1.807, 2.05) is 6.07 Å². The van der Waals surface area contributed by atoms with E-state index in [1.165, 1.54) is 22.5 Å². The summed E-state index contributed by atoms with van der Waals surface area (Å²) in [5.74, 6) is -0.0276. The molecule has 2 aromatic carbocycles. The zero-order chi connectivity index (χ0) is 24.1. The number of rotatable bonds is 4. The molecule has 6 rings (SSSR count). The first-order valence-corrected chi connectivity index (χ1v) is 11.6. The van der Waals surface area contributed by atoms with E-state index >= 15 is 0 Å². The van der Waals surface area contributed by atoms with E-state index in [9.17, 15) is 14.7 Å². The number of Topliss-reactive ketones (excluding diaryl/α,β-unsaturated/α-hetero) is 1. The van der Waals surface area contributed by atoms with Crippen LogP contribution in [0.2, 0.25) is 0 Å². The number of thiazole rings is 1. The van der Waals surface area contributed by atoms with Gasteiger partial charge in [0.25, 0.3) is 5.78 Å². The fourth-order valence-electron chi connectivity index (χ4n) is 4.21. The summed E-state index contributed by atoms with van der Waals surface area (Å²) in [7, 11) is 1.57. The molecule has 1 fully saturated rings. The number of nitrogens with zero attached hydrogens (tertiary/aromatic N) is 2. The first-order valence-electron chi connectivity index (χ1n) is 10.7. The standard InChI is InChI=1S/C25H18N2O7S/c1-31-14-5-6-15-19(12-14)35-25(26-15)27-21(17-3-2-8-32-17)20(23(29)24(27)30)22(28)13-4-7-16-18(11-13)34-10-9-33-16/h2-8,11-12,21,28H,9-10H2,1H3/b22-20+. The Labute approximate surface area is 202 Å². The summed E-state index contributed by atoms with van der Waals surface area (Å²) in [4.78, 5) is 32.4. The summed E-state index contributed by atoms with van der Waals surface area (Å²) in [5, 5.41) is 11.6. The number of fused-ring (bicyclic) bond motifs is 2. The lowest BCUT2D eigenvalue weighted by Crippen LogP contribution is -2.29. The lowest BCUT2D eigenvalue weighted by Gasteiger charge is -2.21. The van der Waals surface area contributed by atoms with Crippen LogP contribution < -0.4 is 19.1 Å². The van der Waals surface area contributed by atoms with Crippen molar-refractivity contribution in [3.8, 4) is 17.2 Å². The molecule has 0 spiro atoms. The van der Waals surface area contributed by atoms with Crippen LogP contribution in [0.1, 0.15) is 17.4 Å². The van der Waals surface area contributed by atoms with Crippen molar-refractivity contribution in [1.82, 2.24) is 4.98 Å². The maximum Gasteiger partial charge on any atom is 0.302 e. The van der Waals surface area contributed by atoms with Crippen LogP contribution in [0.15, 0.2) is 64.8 Å². The van der Waals surface area contributed by atoms with E-state index in [4.69, 9.17) is 18.6 Å². The maximum atomic E-state index is 13.3. The number of hydrogen-bond donors (Lipinski definition) is 1. The van der Waals surface area contributed by atoms with Gasteiger partial charge in [0.1, 0.15) is 36.5 Å². The highest BCUT2D eigenvalue weighted by atomic mass is 32.1. The van der Waals surface area contributed by atoms with Crippen molar-refractivity contribution in [1.29, 1.82) is 0 Å². The van der Waals surface area contributed by atoms with Crippen LogP contribution in [0.3, 0.4) is 0 Å². The van der Waals surface area contributed by atoms with Gasteiger partial charge in [0, 0.05) is 5.56 Å². The Morgan fingerprint density at radius 3 is 2.71 bits per heavy atom. The molecule has 0 radical (unpaired) electrons. The molecule has 0 bridgehead atoms. The SMILES string of the molecule is COc1ccc2nc(N3C(=O)C(=O)/C(=C(/O)c4ccc5c(c4)OCCO5)C3c3ccco3)sc2c1. The van der Waals surface area contributed by atoms with Gasteiger partial charge in [0.2, 0.25) is 0 Å². The van der Waals surface area contributed by atoms with Crippen LogP contribution >= 0.6 is 11.3 Å². The van der Waals surface area contributed by atoms with Crippen LogP contribution in [-0.2, 0) is 9.59 Å². The fraction of sp³-hybridized carbons (Fsp3) is 0.160. The Balaban J connectivity index is 1.50. The number of anilines is 1. The molecule has 10 heteroatoms. The minimum atomic E-state index is -0.999. The lowest BCUT2D eigenvalue weighted by molar-refractivity contribution is -0.132. The molecule has 1 unspecified atom stereocenters. The molecule has 176 valence electrons. The summed E-state index contributed by atoms with van der Waals surface area (Å²) in [5.41, 5.74) is 0.869. The molecule has 1 atom stereocenters. The van der Waals surface area contributed by atoms with E-state index in [-0.39, 0.29) is 11.3 Å². The molecule has 1 N–H and O–H groups in total. The highest BCUT2D eigenvalue weighted by molar-refractivity contribution is 7.22. The predicted molar refractivity (Wildman–Crippen MR) is 127 cm³/mol. The molecular formula is C25H18N2O7S. The average Bonchev–Trinajstić information content (AvgIpc) is 3.61. The topological polar surface area (TPSA) is 111 Å². The summed E-state index contributed by atoms with van der Waals surface area (Å²) in [6, 6.07) is 12.5. The second-order valence-corrected chi connectivity index (χ2v) is 8.88. The maximum absolute atomic E-state index is 13.3. The normalized spacial score (nSPS) is 18.9. The van der Waals surface area contributed by atoms with Crippen LogP contribution in [0, 0.1) is 0 Å². The van der Waals surface area contributed by atoms with Gasteiger partial charge >= 0.3 is 5.91 Å². The first-order chi connectivity index (χ1) is 17.0. The first kappa shape index (κ1) is 21.2. The van der Waals surface area contributed by atoms with E-state index in [1.54, 1.807) is 49.6 Å². The number of ketones is 1. The zero-order valence-corrected chi connectivity index (χ0v) is 19.2. The number of furan rings is 1. The lowest BCUT2D eigenvalue weighted by atomic mass is 9.99. The number of hydrogen-bond acceptors (Lipinski definition) is 9. The third-order valence-electron chi connectivity index (χ3n) is 5.86. The number of ether oxygens (including phenoxy) is 3. The largest absolute Gasteiger partial charge is 0.507 e. The van der Waals surface area contributed by atoms with Gasteiger partial charge < -0.3 is 23.7 Å². The summed E-state index contributed by atoms with van der Waals surface area (Å²) < 4.78 is 22.8. The third kappa shape index (κ3) is 3.41. The number of carbonyl (C=O) groups is 2. The van der Waals surface area contributed by atoms with Gasteiger partial charge in [0.15, 0.2) is 16.6 Å². The van der Waals surface area contributed by atoms with Crippen molar-refractivity contribution in [2.45, 2.75) is 6.04 Å². The van der Waals surface area contributed by atoms with E-state index in [0.29, 0.717) is 52.4 Å². The van der Waals surface area contributed by atoms with E-state index in [2.05, 4.69) is 4.98 Å².